The van der Waals surface area contributed by atoms with Crippen LogP contribution in [0.25, 0.3) is 5.78 Å². The molecule has 0 bridgehead atoms. The minimum atomic E-state index is 0.108. The van der Waals surface area contributed by atoms with Gasteiger partial charge in [0.05, 0.1) is 5.69 Å². The molecule has 1 N–H and O–H groups in total. The monoisotopic (exact) mass is 319 g/mol. The third-order valence-electron chi connectivity index (χ3n) is 4.34. The van der Waals surface area contributed by atoms with E-state index in [1.54, 1.807) is 0 Å². The van der Waals surface area contributed by atoms with E-state index < -0.39 is 0 Å². The fourth-order valence-electron chi connectivity index (χ4n) is 3.28. The summed E-state index contributed by atoms with van der Waals surface area (Å²) in [7, 11) is 0. The fourth-order valence-corrected chi connectivity index (χ4v) is 3.61. The van der Waals surface area contributed by atoms with Gasteiger partial charge in [0.15, 0.2) is 0 Å². The first-order valence-electron chi connectivity index (χ1n) is 7.84. The first kappa shape index (κ1) is 15.4. The van der Waals surface area contributed by atoms with E-state index in [1.807, 2.05) is 11.4 Å². The minimum Gasteiger partial charge on any atom is -0.305 e. The average molecular weight is 320 g/mol. The lowest BCUT2D eigenvalue weighted by Gasteiger charge is -2.22. The van der Waals surface area contributed by atoms with Crippen LogP contribution in [0.15, 0.2) is 18.5 Å². The molecular weight excluding hydrogens is 298 g/mol. The molecule has 0 spiro atoms. The molecule has 1 saturated carbocycles. The van der Waals surface area contributed by atoms with Crippen LogP contribution in [0.4, 0.5) is 0 Å². The van der Waals surface area contributed by atoms with Gasteiger partial charge in [-0.15, -0.1) is 0 Å². The summed E-state index contributed by atoms with van der Waals surface area (Å²) in [5.41, 5.74) is 3.32. The van der Waals surface area contributed by atoms with Gasteiger partial charge in [0.25, 0.3) is 5.78 Å². The highest BCUT2D eigenvalue weighted by Crippen LogP contribution is 2.40. The van der Waals surface area contributed by atoms with E-state index in [0.29, 0.717) is 16.8 Å². The van der Waals surface area contributed by atoms with Crippen LogP contribution in [0.2, 0.25) is 5.15 Å². The maximum atomic E-state index is 6.51. The molecule has 0 saturated heterocycles. The smallest absolute Gasteiger partial charge is 0.253 e. The van der Waals surface area contributed by atoms with Crippen LogP contribution in [0.3, 0.4) is 0 Å². The normalized spacial score (nSPS) is 17.2. The van der Waals surface area contributed by atoms with Gasteiger partial charge in [-0.1, -0.05) is 36.6 Å². The predicted molar refractivity (Wildman–Crippen MR) is 88.2 cm³/mol. The van der Waals surface area contributed by atoms with Gasteiger partial charge in [0, 0.05) is 18.2 Å². The Morgan fingerprint density at radius 1 is 1.50 bits per heavy atom. The topological polar surface area (TPSA) is 55.1 Å². The van der Waals surface area contributed by atoms with Crippen molar-refractivity contribution in [1.82, 2.24) is 24.9 Å². The van der Waals surface area contributed by atoms with Gasteiger partial charge in [-0.05, 0) is 32.6 Å². The van der Waals surface area contributed by atoms with Crippen LogP contribution in [-0.4, -0.2) is 26.1 Å². The van der Waals surface area contributed by atoms with Gasteiger partial charge in [0.1, 0.15) is 11.5 Å². The lowest BCUT2D eigenvalue weighted by atomic mass is 9.94. The molecule has 0 radical (unpaired) electrons. The van der Waals surface area contributed by atoms with Crippen molar-refractivity contribution in [2.24, 2.45) is 0 Å². The number of fused-ring (bicyclic) bond motifs is 1. The highest BCUT2D eigenvalue weighted by molar-refractivity contribution is 6.30. The summed E-state index contributed by atoms with van der Waals surface area (Å²) in [5, 5.41) is 8.43. The Balaban J connectivity index is 2.08. The molecule has 5 nitrogen and oxygen atoms in total. The summed E-state index contributed by atoms with van der Waals surface area (Å²) in [4.78, 5) is 8.62. The Kier molecular flexibility index (Phi) is 4.45. The standard InChI is InChI=1S/C16H22ClN5/c1-10(2)8-18-11(3)14-13(12-6-4-5-7-12)15(17)21-16-19-9-20-22(14)16/h9,11-12,18H,1,4-8H2,2-3H3. The highest BCUT2D eigenvalue weighted by atomic mass is 35.5. The van der Waals surface area contributed by atoms with Crippen molar-refractivity contribution in [2.75, 3.05) is 6.54 Å². The molecule has 3 rings (SSSR count). The molecule has 1 aliphatic carbocycles. The second-order valence-electron chi connectivity index (χ2n) is 6.21. The molecule has 118 valence electrons. The zero-order valence-corrected chi connectivity index (χ0v) is 13.9. The average Bonchev–Trinajstić information content (AvgIpc) is 3.13. The minimum absolute atomic E-state index is 0.108. The van der Waals surface area contributed by atoms with Gasteiger partial charge in [-0.2, -0.15) is 19.6 Å². The maximum Gasteiger partial charge on any atom is 0.253 e. The lowest BCUT2D eigenvalue weighted by molar-refractivity contribution is 0.553. The molecule has 1 unspecified atom stereocenters. The number of rotatable bonds is 5. The van der Waals surface area contributed by atoms with E-state index in [0.717, 1.165) is 23.4 Å². The van der Waals surface area contributed by atoms with Crippen molar-refractivity contribution in [3.63, 3.8) is 0 Å². The Bertz CT molecular complexity index is 687. The predicted octanol–water partition coefficient (Wildman–Crippen LogP) is 3.66. The molecule has 0 amide bonds. The zero-order chi connectivity index (χ0) is 15.7. The molecule has 2 aromatic rings. The summed E-state index contributed by atoms with van der Waals surface area (Å²) in [6.07, 6.45) is 6.38. The second-order valence-corrected chi connectivity index (χ2v) is 6.57. The molecule has 0 aliphatic heterocycles. The first-order valence-corrected chi connectivity index (χ1v) is 8.22. The van der Waals surface area contributed by atoms with E-state index in [2.05, 4.69) is 33.9 Å². The molecule has 2 aromatic heterocycles. The third kappa shape index (κ3) is 2.88. The summed E-state index contributed by atoms with van der Waals surface area (Å²) >= 11 is 6.51. The molecule has 6 heteroatoms. The van der Waals surface area contributed by atoms with E-state index in [9.17, 15) is 0 Å². The number of hydrogen-bond donors (Lipinski definition) is 1. The number of halogens is 1. The molecule has 0 aromatic carbocycles. The van der Waals surface area contributed by atoms with E-state index in [-0.39, 0.29) is 6.04 Å². The molecule has 1 atom stereocenters. The molecule has 1 fully saturated rings. The number of aromatic nitrogens is 4. The van der Waals surface area contributed by atoms with Crippen LogP contribution < -0.4 is 5.32 Å². The van der Waals surface area contributed by atoms with Crippen molar-refractivity contribution in [1.29, 1.82) is 0 Å². The quantitative estimate of drug-likeness (QED) is 0.675. The van der Waals surface area contributed by atoms with Crippen LogP contribution in [0.5, 0.6) is 0 Å². The Morgan fingerprint density at radius 3 is 2.91 bits per heavy atom. The van der Waals surface area contributed by atoms with Gasteiger partial charge in [-0.25, -0.2) is 0 Å². The molecule has 2 heterocycles. The lowest BCUT2D eigenvalue weighted by Crippen LogP contribution is -2.25. The maximum absolute atomic E-state index is 6.51. The van der Waals surface area contributed by atoms with Crippen LogP contribution in [0.1, 0.15) is 62.7 Å². The van der Waals surface area contributed by atoms with Crippen LogP contribution in [0, 0.1) is 0 Å². The van der Waals surface area contributed by atoms with E-state index in [1.165, 1.54) is 32.0 Å². The Morgan fingerprint density at radius 2 is 2.23 bits per heavy atom. The van der Waals surface area contributed by atoms with Crippen molar-refractivity contribution in [2.45, 2.75) is 51.5 Å². The van der Waals surface area contributed by atoms with Gasteiger partial charge >= 0.3 is 0 Å². The molecule has 1 aliphatic rings. The van der Waals surface area contributed by atoms with E-state index in [4.69, 9.17) is 11.6 Å². The molecule has 22 heavy (non-hydrogen) atoms. The summed E-state index contributed by atoms with van der Waals surface area (Å²) in [5.74, 6) is 1.03. The van der Waals surface area contributed by atoms with Crippen molar-refractivity contribution < 1.29 is 0 Å². The van der Waals surface area contributed by atoms with Crippen molar-refractivity contribution in [3.8, 4) is 0 Å². The van der Waals surface area contributed by atoms with Gasteiger partial charge in [0.2, 0.25) is 0 Å². The largest absolute Gasteiger partial charge is 0.305 e. The third-order valence-corrected chi connectivity index (χ3v) is 4.63. The van der Waals surface area contributed by atoms with Crippen molar-refractivity contribution in [3.05, 3.63) is 34.9 Å². The van der Waals surface area contributed by atoms with Crippen LogP contribution in [-0.2, 0) is 0 Å². The summed E-state index contributed by atoms with van der Waals surface area (Å²) in [6.45, 7) is 8.87. The Labute approximate surface area is 135 Å². The van der Waals surface area contributed by atoms with Crippen molar-refractivity contribution >= 4 is 17.4 Å². The summed E-state index contributed by atoms with van der Waals surface area (Å²) in [6, 6.07) is 0.108. The highest BCUT2D eigenvalue weighted by Gasteiger charge is 2.28. The van der Waals surface area contributed by atoms with Crippen LogP contribution >= 0.6 is 11.6 Å². The van der Waals surface area contributed by atoms with Gasteiger partial charge < -0.3 is 5.32 Å². The Hall–Kier alpha value is -1.46. The zero-order valence-electron chi connectivity index (χ0n) is 13.1. The van der Waals surface area contributed by atoms with Gasteiger partial charge in [-0.3, -0.25) is 0 Å². The second kappa shape index (κ2) is 6.34. The number of nitrogens with one attached hydrogen (secondary N) is 1. The van der Waals surface area contributed by atoms with E-state index >= 15 is 0 Å². The fraction of sp³-hybridized carbons (Fsp3) is 0.562. The summed E-state index contributed by atoms with van der Waals surface area (Å²) < 4.78 is 1.83. The SMILES string of the molecule is C=C(C)CNC(C)c1c(C2CCCC2)c(Cl)nc2ncnn12. The number of nitrogens with zero attached hydrogens (tertiary/aromatic N) is 4. The number of hydrogen-bond acceptors (Lipinski definition) is 4. The first-order chi connectivity index (χ1) is 10.6. The molecular formula is C16H22ClN5.